The van der Waals surface area contributed by atoms with Gasteiger partial charge in [-0.05, 0) is 262 Å². The van der Waals surface area contributed by atoms with E-state index in [4.69, 9.17) is 0 Å². The predicted molar refractivity (Wildman–Crippen MR) is 501 cm³/mol. The molecule has 0 bridgehead atoms. The minimum atomic E-state index is -1.54. The van der Waals surface area contributed by atoms with Crippen molar-refractivity contribution in [3.63, 3.8) is 0 Å². The molecule has 0 spiro atoms. The standard InChI is InChI=1S/C70H44.C30H21BO2.C10H6Br2/c1-3-19-47-41-51(37-35-45(47)17-1)49-21-15-23-53(43-49)67-57-27-7-11-31-61(57)69(62-32-12-8-28-58(62)67)65-39-40-66(56-26-6-5-25-55(56)65)70-63-33-13-9-29-59(63)68(60-30-10-14-34-64(60)70)54-24-16-22-50(44-54)52-38-36-46-18-2-4-20-48(46)42-52;32-31(33)30-27-14-5-3-12-25(27)29(26-13-4-6-15-28(26)30)24-11-7-10-22(19-24)23-17-16-20-8-1-2-9-21(20)18-23;11-9-5-6-10(12)8-4-2-1-3-7(8)9/h1-44H;1-19,32-33H;1-6H. The zero-order valence-corrected chi connectivity index (χ0v) is 65.7. The van der Waals surface area contributed by atoms with Crippen molar-refractivity contribution in [3.05, 3.63) is 428 Å². The monoisotopic (exact) mass is 1590 g/mol. The molecule has 0 amide bonds. The van der Waals surface area contributed by atoms with Gasteiger partial charge in [-0.3, -0.25) is 0 Å². The van der Waals surface area contributed by atoms with E-state index in [0.29, 0.717) is 5.46 Å². The molecule has 0 aliphatic heterocycles. The van der Waals surface area contributed by atoms with Crippen LogP contribution >= 0.6 is 31.9 Å². The Balaban J connectivity index is 0.000000155. The highest BCUT2D eigenvalue weighted by Crippen LogP contribution is 2.51. The van der Waals surface area contributed by atoms with Crippen molar-refractivity contribution in [1.29, 1.82) is 0 Å². The predicted octanol–water partition coefficient (Wildman–Crippen LogP) is 30.3. The highest BCUT2D eigenvalue weighted by atomic mass is 79.9. The van der Waals surface area contributed by atoms with Crippen LogP contribution < -0.4 is 5.46 Å². The van der Waals surface area contributed by atoms with Crippen LogP contribution in [0.1, 0.15) is 0 Å². The molecule has 2 N–H and O–H groups in total. The van der Waals surface area contributed by atoms with Crippen LogP contribution in [0, 0.1) is 0 Å². The first-order chi connectivity index (χ1) is 56.7. The number of fused-ring (bicyclic) bond motifs is 11. The SMILES string of the molecule is Brc1ccc(Br)c2ccccc12.OB(O)c1c2ccccc2c(-c2cccc(-c3ccc4ccccc4c3)c2)c2ccccc12.c1cc(-c2ccc3ccccc3c2)cc(-c2c3ccccc3c(-c3ccc(-c4c5ccccc5c(-c5cccc(-c6ccc7ccccc7c6)c5)c5ccccc45)c4ccccc34)c3ccccc23)c1. The lowest BCUT2D eigenvalue weighted by Crippen LogP contribution is -2.31. The Kier molecular flexibility index (Phi) is 18.6. The average molecular weight is 1600 g/mol. The molecule has 0 saturated carbocycles. The molecule has 22 aromatic rings. The molecule has 0 radical (unpaired) electrons. The maximum atomic E-state index is 10.2. The first-order valence-corrected chi connectivity index (χ1v) is 40.6. The number of halogens is 2. The second kappa shape index (κ2) is 30.3. The smallest absolute Gasteiger partial charge is 0.423 e. The fourth-order valence-corrected chi connectivity index (χ4v) is 18.8. The summed E-state index contributed by atoms with van der Waals surface area (Å²) in [5.74, 6) is 0. The number of rotatable bonds is 9. The van der Waals surface area contributed by atoms with Crippen molar-refractivity contribution in [1.82, 2.24) is 0 Å². The van der Waals surface area contributed by atoms with Crippen molar-refractivity contribution in [2.45, 2.75) is 0 Å². The third kappa shape index (κ3) is 13.0. The Labute approximate surface area is 684 Å². The van der Waals surface area contributed by atoms with E-state index < -0.39 is 7.12 Å². The van der Waals surface area contributed by atoms with E-state index in [1.807, 2.05) is 60.7 Å². The third-order valence-corrected chi connectivity index (χ3v) is 24.5. The first kappa shape index (κ1) is 70.7. The van der Waals surface area contributed by atoms with Crippen LogP contribution in [0.15, 0.2) is 428 Å². The summed E-state index contributed by atoms with van der Waals surface area (Å²) in [4.78, 5) is 0. The van der Waals surface area contributed by atoms with Crippen LogP contribution in [0.2, 0.25) is 0 Å². The zero-order valence-electron chi connectivity index (χ0n) is 62.6. The second-order valence-electron chi connectivity index (χ2n) is 29.6. The molecule has 0 unspecified atom stereocenters. The molecule has 0 atom stereocenters. The van der Waals surface area contributed by atoms with Gasteiger partial charge in [0, 0.05) is 8.95 Å². The molecule has 0 heterocycles. The van der Waals surface area contributed by atoms with Gasteiger partial charge in [-0.2, -0.15) is 0 Å². The van der Waals surface area contributed by atoms with E-state index in [-0.39, 0.29) is 0 Å². The topological polar surface area (TPSA) is 40.5 Å². The van der Waals surface area contributed by atoms with E-state index in [0.717, 1.165) is 47.2 Å². The summed E-state index contributed by atoms with van der Waals surface area (Å²) in [6.07, 6.45) is 0. The van der Waals surface area contributed by atoms with Crippen LogP contribution in [0.3, 0.4) is 0 Å². The van der Waals surface area contributed by atoms with Crippen molar-refractivity contribution in [3.8, 4) is 89.0 Å². The Hall–Kier alpha value is -13.4. The molecule has 2 nitrogen and oxygen atoms in total. The van der Waals surface area contributed by atoms with Gasteiger partial charge < -0.3 is 10.0 Å². The van der Waals surface area contributed by atoms with Crippen molar-refractivity contribution >= 4 is 163 Å². The fraction of sp³-hybridized carbons (Fsp3) is 0. The highest BCUT2D eigenvalue weighted by Gasteiger charge is 2.25. The van der Waals surface area contributed by atoms with Gasteiger partial charge in [0.05, 0.1) is 0 Å². The average Bonchev–Trinajstić information content (AvgIpc) is 0.720. The van der Waals surface area contributed by atoms with Gasteiger partial charge in [-0.15, -0.1) is 0 Å². The Morgan fingerprint density at radius 2 is 0.374 bits per heavy atom. The largest absolute Gasteiger partial charge is 0.489 e. The quantitative estimate of drug-likeness (QED) is 0.112. The summed E-state index contributed by atoms with van der Waals surface area (Å²) in [5, 5.41) is 46.6. The summed E-state index contributed by atoms with van der Waals surface area (Å²) >= 11 is 7.02. The Bertz CT molecular complexity index is 7140. The molecule has 540 valence electrons. The molecule has 0 fully saturated rings. The first-order valence-electron chi connectivity index (χ1n) is 39.0. The second-order valence-corrected chi connectivity index (χ2v) is 31.4. The number of benzene rings is 22. The van der Waals surface area contributed by atoms with Crippen molar-refractivity contribution in [2.75, 3.05) is 0 Å². The molecule has 5 heteroatoms. The van der Waals surface area contributed by atoms with Crippen LogP contribution in [0.5, 0.6) is 0 Å². The summed E-state index contributed by atoms with van der Waals surface area (Å²) in [5.41, 5.74) is 19.9. The number of hydrogen-bond acceptors (Lipinski definition) is 2. The summed E-state index contributed by atoms with van der Waals surface area (Å²) < 4.78 is 2.28. The van der Waals surface area contributed by atoms with Gasteiger partial charge in [-0.25, -0.2) is 0 Å². The Morgan fingerprint density at radius 3 is 0.661 bits per heavy atom. The summed E-state index contributed by atoms with van der Waals surface area (Å²) in [6.45, 7) is 0. The van der Waals surface area contributed by atoms with Crippen LogP contribution in [0.25, 0.3) is 208 Å². The van der Waals surface area contributed by atoms with E-state index in [1.54, 1.807) is 0 Å². The van der Waals surface area contributed by atoms with Gasteiger partial charge >= 0.3 is 7.12 Å². The van der Waals surface area contributed by atoms with E-state index in [9.17, 15) is 10.0 Å². The normalized spacial score (nSPS) is 11.5. The van der Waals surface area contributed by atoms with E-state index >= 15 is 0 Å². The molecule has 0 aliphatic rings. The maximum Gasteiger partial charge on any atom is 0.489 e. The highest BCUT2D eigenvalue weighted by molar-refractivity contribution is 9.11. The maximum absolute atomic E-state index is 10.2. The minimum absolute atomic E-state index is 0.552. The van der Waals surface area contributed by atoms with Gasteiger partial charge in [-0.1, -0.05) is 402 Å². The summed E-state index contributed by atoms with van der Waals surface area (Å²) in [6, 6.07) is 151. The Morgan fingerprint density at radius 1 is 0.157 bits per heavy atom. The van der Waals surface area contributed by atoms with Crippen molar-refractivity contribution < 1.29 is 10.0 Å². The van der Waals surface area contributed by atoms with Crippen LogP contribution in [-0.2, 0) is 0 Å². The van der Waals surface area contributed by atoms with Crippen molar-refractivity contribution in [2.24, 2.45) is 0 Å². The van der Waals surface area contributed by atoms with E-state index in [2.05, 4.69) is 390 Å². The molecular formula is C110H71BBr2O2. The fourth-order valence-electron chi connectivity index (χ4n) is 17.8. The minimum Gasteiger partial charge on any atom is -0.423 e. The van der Waals surface area contributed by atoms with E-state index in [1.165, 1.54) is 169 Å². The summed E-state index contributed by atoms with van der Waals surface area (Å²) in [7, 11) is -1.54. The van der Waals surface area contributed by atoms with Gasteiger partial charge in [0.15, 0.2) is 0 Å². The molecule has 22 aromatic carbocycles. The lowest BCUT2D eigenvalue weighted by Gasteiger charge is -2.21. The van der Waals surface area contributed by atoms with Crippen LogP contribution in [-0.4, -0.2) is 17.2 Å². The lowest BCUT2D eigenvalue weighted by molar-refractivity contribution is 0.426. The molecule has 115 heavy (non-hydrogen) atoms. The van der Waals surface area contributed by atoms with Gasteiger partial charge in [0.1, 0.15) is 0 Å². The number of hydrogen-bond donors (Lipinski definition) is 2. The molecule has 0 aromatic heterocycles. The molecule has 0 saturated heterocycles. The zero-order chi connectivity index (χ0) is 77.0. The lowest BCUT2D eigenvalue weighted by atomic mass is 9.72. The van der Waals surface area contributed by atoms with Crippen LogP contribution in [0.4, 0.5) is 0 Å². The third-order valence-electron chi connectivity index (χ3n) is 23.1. The molecular weight excluding hydrogens is 1520 g/mol. The molecule has 22 rings (SSSR count). The van der Waals surface area contributed by atoms with Gasteiger partial charge in [0.25, 0.3) is 0 Å². The molecule has 0 aliphatic carbocycles. The van der Waals surface area contributed by atoms with Gasteiger partial charge in [0.2, 0.25) is 0 Å².